The van der Waals surface area contributed by atoms with Gasteiger partial charge >= 0.3 is 0 Å². The van der Waals surface area contributed by atoms with Gasteiger partial charge in [-0.3, -0.25) is 0 Å². The number of rotatable bonds is 6. The van der Waals surface area contributed by atoms with Gasteiger partial charge in [-0.1, -0.05) is 26.8 Å². The SMILES string of the molecule is CC(C)(C)[Si](C)(C)OCc1ccc(N)c(NC[C@@H]2CCO2)c1. The van der Waals surface area contributed by atoms with Crippen LogP contribution < -0.4 is 11.1 Å². The van der Waals surface area contributed by atoms with Crippen molar-refractivity contribution >= 4 is 19.7 Å². The van der Waals surface area contributed by atoms with Gasteiger partial charge in [-0.2, -0.15) is 0 Å². The van der Waals surface area contributed by atoms with E-state index in [1.807, 2.05) is 12.1 Å². The number of anilines is 2. The normalized spacial score (nSPS) is 18.9. The molecular formula is C17H30N2O2Si. The Balaban J connectivity index is 1.96. The van der Waals surface area contributed by atoms with Crippen molar-refractivity contribution < 1.29 is 9.16 Å². The molecule has 0 amide bonds. The molecule has 1 fully saturated rings. The third kappa shape index (κ3) is 4.24. The van der Waals surface area contributed by atoms with Crippen molar-refractivity contribution in [3.63, 3.8) is 0 Å². The predicted octanol–water partition coefficient (Wildman–Crippen LogP) is 3.99. The maximum atomic E-state index is 6.28. The van der Waals surface area contributed by atoms with Crippen LogP contribution in [0.5, 0.6) is 0 Å². The number of benzene rings is 1. The molecule has 1 atom stereocenters. The minimum atomic E-state index is -1.72. The molecule has 0 saturated carbocycles. The molecule has 0 aromatic heterocycles. The highest BCUT2D eigenvalue weighted by Crippen LogP contribution is 2.37. The van der Waals surface area contributed by atoms with Gasteiger partial charge in [0.2, 0.25) is 0 Å². The molecule has 0 spiro atoms. The summed E-state index contributed by atoms with van der Waals surface area (Å²) in [6.45, 7) is 13.7. The fourth-order valence-corrected chi connectivity index (χ4v) is 2.96. The molecule has 4 nitrogen and oxygen atoms in total. The standard InChI is InChI=1S/C17H30N2O2Si/c1-17(2,3)22(4,5)21-12-13-6-7-15(18)16(10-13)19-11-14-8-9-20-14/h6-7,10,14,19H,8-9,11-12,18H2,1-5H3/t14-/m0/s1. The highest BCUT2D eigenvalue weighted by molar-refractivity contribution is 6.74. The first-order chi connectivity index (χ1) is 10.2. The summed E-state index contributed by atoms with van der Waals surface area (Å²) in [5.74, 6) is 0. The van der Waals surface area contributed by atoms with Crippen LogP contribution in [-0.4, -0.2) is 27.6 Å². The summed E-state index contributed by atoms with van der Waals surface area (Å²) in [4.78, 5) is 0. The van der Waals surface area contributed by atoms with Crippen LogP contribution in [0.3, 0.4) is 0 Å². The van der Waals surface area contributed by atoms with Crippen LogP contribution in [-0.2, 0) is 15.8 Å². The monoisotopic (exact) mass is 322 g/mol. The quantitative estimate of drug-likeness (QED) is 0.614. The average molecular weight is 323 g/mol. The molecule has 1 saturated heterocycles. The smallest absolute Gasteiger partial charge is 0.192 e. The van der Waals surface area contributed by atoms with Gasteiger partial charge < -0.3 is 20.2 Å². The first-order valence-electron chi connectivity index (χ1n) is 8.07. The van der Waals surface area contributed by atoms with Crippen LogP contribution >= 0.6 is 0 Å². The lowest BCUT2D eigenvalue weighted by Crippen LogP contribution is -2.40. The van der Waals surface area contributed by atoms with Crippen LogP contribution in [0.4, 0.5) is 11.4 Å². The molecule has 1 aliphatic heterocycles. The maximum Gasteiger partial charge on any atom is 0.192 e. The number of nitrogens with two attached hydrogens (primary N) is 1. The molecule has 124 valence electrons. The summed E-state index contributed by atoms with van der Waals surface area (Å²) in [6, 6.07) is 6.10. The molecule has 3 N–H and O–H groups in total. The van der Waals surface area contributed by atoms with E-state index < -0.39 is 8.32 Å². The fourth-order valence-electron chi connectivity index (χ4n) is 2.00. The lowest BCUT2D eigenvalue weighted by molar-refractivity contribution is -0.0410. The van der Waals surface area contributed by atoms with Crippen molar-refractivity contribution in [2.75, 3.05) is 24.2 Å². The highest BCUT2D eigenvalue weighted by Gasteiger charge is 2.37. The molecule has 1 aliphatic rings. The summed E-state index contributed by atoms with van der Waals surface area (Å²) >= 11 is 0. The number of hydrogen-bond acceptors (Lipinski definition) is 4. The molecule has 22 heavy (non-hydrogen) atoms. The summed E-state index contributed by atoms with van der Waals surface area (Å²) in [7, 11) is -1.72. The highest BCUT2D eigenvalue weighted by atomic mass is 28.4. The summed E-state index contributed by atoms with van der Waals surface area (Å²) in [5, 5.41) is 3.61. The van der Waals surface area contributed by atoms with Crippen LogP contribution in [0.25, 0.3) is 0 Å². The second-order valence-corrected chi connectivity index (χ2v) is 12.4. The Morgan fingerprint density at radius 3 is 2.59 bits per heavy atom. The average Bonchev–Trinajstić information content (AvgIpc) is 2.36. The molecular weight excluding hydrogens is 292 g/mol. The van der Waals surface area contributed by atoms with Crippen molar-refractivity contribution in [3.05, 3.63) is 23.8 Å². The molecule has 0 bridgehead atoms. The van der Waals surface area contributed by atoms with E-state index >= 15 is 0 Å². The summed E-state index contributed by atoms with van der Waals surface area (Å²) in [6.07, 6.45) is 1.45. The van der Waals surface area contributed by atoms with Gasteiger partial charge in [0.1, 0.15) is 0 Å². The van der Waals surface area contributed by atoms with E-state index in [4.69, 9.17) is 14.9 Å². The lowest BCUT2D eigenvalue weighted by Gasteiger charge is -2.36. The van der Waals surface area contributed by atoms with Crippen LogP contribution in [0, 0.1) is 0 Å². The topological polar surface area (TPSA) is 56.5 Å². The fraction of sp³-hybridized carbons (Fsp3) is 0.647. The van der Waals surface area contributed by atoms with Gasteiger partial charge in [-0.05, 0) is 42.2 Å². The first kappa shape index (κ1) is 17.3. The van der Waals surface area contributed by atoms with E-state index in [0.29, 0.717) is 12.7 Å². The lowest BCUT2D eigenvalue weighted by atomic mass is 10.1. The van der Waals surface area contributed by atoms with E-state index in [2.05, 4.69) is 45.2 Å². The Labute approximate surface area is 135 Å². The van der Waals surface area contributed by atoms with Gasteiger partial charge in [-0.15, -0.1) is 0 Å². The van der Waals surface area contributed by atoms with E-state index in [-0.39, 0.29) is 5.04 Å². The number of nitrogens with one attached hydrogen (secondary N) is 1. The molecule has 1 aromatic rings. The molecule has 0 radical (unpaired) electrons. The van der Waals surface area contributed by atoms with Gasteiger partial charge in [0.05, 0.1) is 24.1 Å². The van der Waals surface area contributed by atoms with E-state index in [0.717, 1.165) is 36.5 Å². The first-order valence-corrected chi connectivity index (χ1v) is 11.0. The van der Waals surface area contributed by atoms with Crippen molar-refractivity contribution in [3.8, 4) is 0 Å². The number of ether oxygens (including phenoxy) is 1. The number of nitrogen functional groups attached to an aromatic ring is 1. The third-order valence-electron chi connectivity index (χ3n) is 4.84. The van der Waals surface area contributed by atoms with E-state index in [1.54, 1.807) is 0 Å². The Morgan fingerprint density at radius 2 is 2.05 bits per heavy atom. The molecule has 0 unspecified atom stereocenters. The Hall–Kier alpha value is -1.04. The second-order valence-electron chi connectivity index (χ2n) is 7.63. The summed E-state index contributed by atoms with van der Waals surface area (Å²) < 4.78 is 11.7. The second kappa shape index (κ2) is 6.60. The predicted molar refractivity (Wildman–Crippen MR) is 95.7 cm³/mol. The maximum absolute atomic E-state index is 6.28. The zero-order chi connectivity index (χ0) is 16.4. The van der Waals surface area contributed by atoms with Gasteiger partial charge in [0, 0.05) is 13.2 Å². The Kier molecular flexibility index (Phi) is 5.20. The van der Waals surface area contributed by atoms with Crippen LogP contribution in [0.2, 0.25) is 18.1 Å². The van der Waals surface area contributed by atoms with Crippen molar-refractivity contribution in [1.82, 2.24) is 0 Å². The van der Waals surface area contributed by atoms with Crippen molar-refractivity contribution in [1.29, 1.82) is 0 Å². The molecule has 1 heterocycles. The van der Waals surface area contributed by atoms with Gasteiger partial charge in [-0.25, -0.2) is 0 Å². The zero-order valence-corrected chi connectivity index (χ0v) is 15.5. The van der Waals surface area contributed by atoms with Gasteiger partial charge in [0.25, 0.3) is 0 Å². The minimum absolute atomic E-state index is 0.226. The third-order valence-corrected chi connectivity index (χ3v) is 9.32. The summed E-state index contributed by atoms with van der Waals surface area (Å²) in [5.41, 5.74) is 8.97. The Bertz CT molecular complexity index is 508. The largest absolute Gasteiger partial charge is 0.413 e. The molecule has 2 rings (SSSR count). The molecule has 0 aliphatic carbocycles. The van der Waals surface area contributed by atoms with Crippen LogP contribution in [0.15, 0.2) is 18.2 Å². The van der Waals surface area contributed by atoms with Crippen molar-refractivity contribution in [2.24, 2.45) is 0 Å². The molecule has 1 aromatic carbocycles. The van der Waals surface area contributed by atoms with Gasteiger partial charge in [0.15, 0.2) is 8.32 Å². The minimum Gasteiger partial charge on any atom is -0.413 e. The van der Waals surface area contributed by atoms with E-state index in [1.165, 1.54) is 0 Å². The van der Waals surface area contributed by atoms with Crippen LogP contribution in [0.1, 0.15) is 32.8 Å². The number of hydrogen-bond donors (Lipinski definition) is 2. The zero-order valence-electron chi connectivity index (χ0n) is 14.5. The van der Waals surface area contributed by atoms with Crippen molar-refractivity contribution in [2.45, 2.75) is 58.0 Å². The Morgan fingerprint density at radius 1 is 1.36 bits per heavy atom. The molecule has 5 heteroatoms. The van der Waals surface area contributed by atoms with E-state index in [9.17, 15) is 0 Å².